The number of furan rings is 1. The summed E-state index contributed by atoms with van der Waals surface area (Å²) in [5, 5.41) is 17.9. The Morgan fingerprint density at radius 1 is 1.05 bits per heavy atom. The van der Waals surface area contributed by atoms with E-state index in [4.69, 9.17) is 9.52 Å². The number of rotatable bonds is 3. The van der Waals surface area contributed by atoms with Crippen LogP contribution in [0.25, 0.3) is 0 Å². The molecule has 1 aromatic heterocycles. The van der Waals surface area contributed by atoms with E-state index >= 15 is 0 Å². The van der Waals surface area contributed by atoms with Gasteiger partial charge in [-0.3, -0.25) is 4.79 Å². The third-order valence-electron chi connectivity index (χ3n) is 2.57. The number of anilines is 1. The van der Waals surface area contributed by atoms with E-state index in [0.29, 0.717) is 5.69 Å². The number of aromatic carboxylic acids is 1. The minimum atomic E-state index is -1.23. The Balaban J connectivity index is 2.22. The second kappa shape index (κ2) is 4.85. The van der Waals surface area contributed by atoms with Gasteiger partial charge in [0.1, 0.15) is 5.75 Å². The fourth-order valence-electron chi connectivity index (χ4n) is 1.53. The van der Waals surface area contributed by atoms with E-state index in [1.165, 1.54) is 36.2 Å². The molecule has 0 saturated heterocycles. The van der Waals surface area contributed by atoms with Crippen molar-refractivity contribution in [2.75, 3.05) is 11.9 Å². The molecule has 1 amide bonds. The van der Waals surface area contributed by atoms with Gasteiger partial charge in [0.15, 0.2) is 5.76 Å². The van der Waals surface area contributed by atoms with Gasteiger partial charge in [0.25, 0.3) is 5.91 Å². The molecule has 19 heavy (non-hydrogen) atoms. The monoisotopic (exact) mass is 261 g/mol. The van der Waals surface area contributed by atoms with Gasteiger partial charge in [0.05, 0.1) is 0 Å². The summed E-state index contributed by atoms with van der Waals surface area (Å²) in [6.45, 7) is 0. The first-order chi connectivity index (χ1) is 8.99. The summed E-state index contributed by atoms with van der Waals surface area (Å²) >= 11 is 0. The lowest BCUT2D eigenvalue weighted by Crippen LogP contribution is -2.25. The van der Waals surface area contributed by atoms with E-state index in [1.807, 2.05) is 0 Å². The van der Waals surface area contributed by atoms with Crippen LogP contribution >= 0.6 is 0 Å². The van der Waals surface area contributed by atoms with Crippen molar-refractivity contribution in [3.8, 4) is 5.75 Å². The quantitative estimate of drug-likeness (QED) is 0.881. The van der Waals surface area contributed by atoms with Crippen molar-refractivity contribution < 1.29 is 24.2 Å². The predicted molar refractivity (Wildman–Crippen MR) is 66.5 cm³/mol. The molecule has 0 fully saturated rings. The van der Waals surface area contributed by atoms with Gasteiger partial charge in [-0.25, -0.2) is 4.79 Å². The molecule has 0 saturated carbocycles. The van der Waals surface area contributed by atoms with Crippen LogP contribution in [0.5, 0.6) is 5.75 Å². The smallest absolute Gasteiger partial charge is 0.371 e. The molecule has 1 heterocycles. The molecule has 0 atom stereocenters. The fraction of sp³-hybridized carbons (Fsp3) is 0.0769. The second-order valence-electron chi connectivity index (χ2n) is 3.85. The van der Waals surface area contributed by atoms with Crippen molar-refractivity contribution in [1.82, 2.24) is 0 Å². The maximum Gasteiger partial charge on any atom is 0.371 e. The summed E-state index contributed by atoms with van der Waals surface area (Å²) < 4.78 is 4.93. The number of carboxylic acid groups (broad SMARTS) is 1. The van der Waals surface area contributed by atoms with Crippen molar-refractivity contribution in [3.05, 3.63) is 47.9 Å². The van der Waals surface area contributed by atoms with E-state index in [0.717, 1.165) is 0 Å². The maximum absolute atomic E-state index is 12.0. The fourth-order valence-corrected chi connectivity index (χ4v) is 1.53. The average Bonchev–Trinajstić information content (AvgIpc) is 2.87. The van der Waals surface area contributed by atoms with E-state index in [9.17, 15) is 14.7 Å². The van der Waals surface area contributed by atoms with Crippen LogP contribution in [-0.2, 0) is 0 Å². The highest BCUT2D eigenvalue weighted by atomic mass is 16.4. The van der Waals surface area contributed by atoms with Gasteiger partial charge in [0, 0.05) is 12.7 Å². The number of aromatic hydroxyl groups is 1. The average molecular weight is 261 g/mol. The summed E-state index contributed by atoms with van der Waals surface area (Å²) in [5.41, 5.74) is 0.552. The molecule has 0 aliphatic heterocycles. The molecule has 2 N–H and O–H groups in total. The Kier molecular flexibility index (Phi) is 3.24. The van der Waals surface area contributed by atoms with Gasteiger partial charge in [-0.05, 0) is 36.4 Å². The maximum atomic E-state index is 12.0. The first-order valence-corrected chi connectivity index (χ1v) is 5.39. The van der Waals surface area contributed by atoms with Gasteiger partial charge < -0.3 is 19.5 Å². The van der Waals surface area contributed by atoms with Crippen molar-refractivity contribution in [3.63, 3.8) is 0 Å². The summed E-state index contributed by atoms with van der Waals surface area (Å²) in [6.07, 6.45) is 0. The van der Waals surface area contributed by atoms with Crippen LogP contribution < -0.4 is 4.90 Å². The molecule has 0 radical (unpaired) electrons. The van der Waals surface area contributed by atoms with Crippen LogP contribution in [0.2, 0.25) is 0 Å². The van der Waals surface area contributed by atoms with Crippen molar-refractivity contribution >= 4 is 17.6 Å². The van der Waals surface area contributed by atoms with Gasteiger partial charge in [-0.2, -0.15) is 0 Å². The van der Waals surface area contributed by atoms with Crippen molar-refractivity contribution in [2.45, 2.75) is 0 Å². The van der Waals surface area contributed by atoms with E-state index < -0.39 is 11.9 Å². The van der Waals surface area contributed by atoms with Gasteiger partial charge >= 0.3 is 5.97 Å². The molecule has 0 spiro atoms. The molecule has 6 nitrogen and oxygen atoms in total. The lowest BCUT2D eigenvalue weighted by Gasteiger charge is -2.15. The highest BCUT2D eigenvalue weighted by Gasteiger charge is 2.19. The van der Waals surface area contributed by atoms with Crippen LogP contribution in [0.15, 0.2) is 40.8 Å². The minimum absolute atomic E-state index is 0.0621. The highest BCUT2D eigenvalue weighted by molar-refractivity contribution is 6.04. The standard InChI is InChI=1S/C13H11NO5/c1-14(8-2-4-9(15)5-3-8)12(16)10-6-7-11(19-10)13(17)18/h2-7,15H,1H3,(H,17,18). The zero-order valence-corrected chi connectivity index (χ0v) is 10.0. The molecule has 6 heteroatoms. The lowest BCUT2D eigenvalue weighted by molar-refractivity contribution is 0.0660. The lowest BCUT2D eigenvalue weighted by atomic mass is 10.2. The molecule has 0 aliphatic carbocycles. The number of phenolic OH excluding ortho intramolecular Hbond substituents is 1. The number of hydrogen-bond acceptors (Lipinski definition) is 4. The Hall–Kier alpha value is -2.76. The number of hydrogen-bond donors (Lipinski definition) is 2. The van der Waals surface area contributed by atoms with Gasteiger partial charge in [-0.1, -0.05) is 0 Å². The molecule has 0 bridgehead atoms. The van der Waals surface area contributed by atoms with Gasteiger partial charge in [-0.15, -0.1) is 0 Å². The molecule has 2 rings (SSSR count). The zero-order valence-electron chi connectivity index (χ0n) is 10.0. The van der Waals surface area contributed by atoms with E-state index in [-0.39, 0.29) is 17.3 Å². The Morgan fingerprint density at radius 3 is 2.16 bits per heavy atom. The summed E-state index contributed by atoms with van der Waals surface area (Å²) in [6, 6.07) is 8.55. The van der Waals surface area contributed by atoms with Crippen LogP contribution in [0, 0.1) is 0 Å². The number of benzene rings is 1. The normalized spacial score (nSPS) is 10.2. The number of phenols is 1. The molecule has 98 valence electrons. The number of nitrogens with zero attached hydrogens (tertiary/aromatic N) is 1. The molecule has 1 aromatic carbocycles. The molecule has 0 unspecified atom stereocenters. The van der Waals surface area contributed by atoms with Crippen LogP contribution in [0.4, 0.5) is 5.69 Å². The largest absolute Gasteiger partial charge is 0.508 e. The number of carboxylic acids is 1. The zero-order chi connectivity index (χ0) is 14.0. The van der Waals surface area contributed by atoms with E-state index in [1.54, 1.807) is 12.1 Å². The Labute approximate surface area is 108 Å². The van der Waals surface area contributed by atoms with Crippen molar-refractivity contribution in [1.29, 1.82) is 0 Å². The summed E-state index contributed by atoms with van der Waals surface area (Å²) in [7, 11) is 1.53. The predicted octanol–water partition coefficient (Wildman–Crippen LogP) is 1.96. The SMILES string of the molecule is CN(C(=O)c1ccc(C(=O)O)o1)c1ccc(O)cc1. The minimum Gasteiger partial charge on any atom is -0.508 e. The molecular weight excluding hydrogens is 250 g/mol. The van der Waals surface area contributed by atoms with Crippen LogP contribution in [-0.4, -0.2) is 29.1 Å². The topological polar surface area (TPSA) is 91.0 Å². The van der Waals surface area contributed by atoms with Crippen molar-refractivity contribution in [2.24, 2.45) is 0 Å². The molecular formula is C13H11NO5. The number of carbonyl (C=O) groups excluding carboxylic acids is 1. The first kappa shape index (κ1) is 12.7. The third kappa shape index (κ3) is 2.57. The number of amides is 1. The third-order valence-corrected chi connectivity index (χ3v) is 2.57. The summed E-state index contributed by atoms with van der Waals surface area (Å²) in [5.74, 6) is -1.96. The first-order valence-electron chi connectivity index (χ1n) is 5.39. The van der Waals surface area contributed by atoms with Crippen LogP contribution in [0.1, 0.15) is 21.1 Å². The van der Waals surface area contributed by atoms with Gasteiger partial charge in [0.2, 0.25) is 5.76 Å². The van der Waals surface area contributed by atoms with E-state index in [2.05, 4.69) is 0 Å². The molecule has 0 aliphatic rings. The number of carbonyl (C=O) groups is 2. The molecule has 2 aromatic rings. The summed E-state index contributed by atoms with van der Waals surface area (Å²) in [4.78, 5) is 24.0. The van der Waals surface area contributed by atoms with Crippen LogP contribution in [0.3, 0.4) is 0 Å². The Bertz CT molecular complexity index is 614. The second-order valence-corrected chi connectivity index (χ2v) is 3.85. The highest BCUT2D eigenvalue weighted by Crippen LogP contribution is 2.20. The Morgan fingerprint density at radius 2 is 1.63 bits per heavy atom.